The Morgan fingerprint density at radius 2 is 2.15 bits per heavy atom. The number of amides is 1. The summed E-state index contributed by atoms with van der Waals surface area (Å²) in [5, 5.41) is 3.17. The normalized spacial score (nSPS) is 14.7. The van der Waals surface area contributed by atoms with Gasteiger partial charge >= 0.3 is 0 Å². The summed E-state index contributed by atoms with van der Waals surface area (Å²) in [7, 11) is 1.59. The van der Waals surface area contributed by atoms with Crippen molar-refractivity contribution in [1.82, 2.24) is 14.9 Å². The van der Waals surface area contributed by atoms with Crippen LogP contribution in [0.4, 0.5) is 0 Å². The summed E-state index contributed by atoms with van der Waals surface area (Å²) in [6.45, 7) is 0.744. The van der Waals surface area contributed by atoms with Gasteiger partial charge in [0.2, 0.25) is 0 Å². The Balaban J connectivity index is 2.22. The zero-order valence-corrected chi connectivity index (χ0v) is 11.5. The van der Waals surface area contributed by atoms with Crippen molar-refractivity contribution in [3.63, 3.8) is 0 Å². The number of aryl methyl sites for hydroxylation is 1. The SMILES string of the molecule is CNC(=O)c1ccc2c(=O)n3c(nc2c1)CCCCC3. The number of benzene rings is 1. The molecule has 0 fully saturated rings. The Kier molecular flexibility index (Phi) is 3.26. The Bertz CT molecular complexity index is 734. The third-order valence-electron chi connectivity index (χ3n) is 3.81. The van der Waals surface area contributed by atoms with E-state index in [0.29, 0.717) is 16.5 Å². The molecule has 0 aliphatic carbocycles. The molecule has 5 heteroatoms. The van der Waals surface area contributed by atoms with Gasteiger partial charge in [-0.1, -0.05) is 6.42 Å². The molecule has 1 aliphatic heterocycles. The Labute approximate surface area is 116 Å². The topological polar surface area (TPSA) is 64.0 Å². The summed E-state index contributed by atoms with van der Waals surface area (Å²) >= 11 is 0. The zero-order valence-electron chi connectivity index (χ0n) is 11.5. The third kappa shape index (κ3) is 2.09. The number of hydrogen-bond acceptors (Lipinski definition) is 3. The second-order valence-corrected chi connectivity index (χ2v) is 5.11. The molecule has 1 amide bonds. The van der Waals surface area contributed by atoms with Gasteiger partial charge in [-0.05, 0) is 31.0 Å². The fourth-order valence-corrected chi connectivity index (χ4v) is 2.70. The molecule has 0 unspecified atom stereocenters. The van der Waals surface area contributed by atoms with Crippen LogP contribution in [0.15, 0.2) is 23.0 Å². The molecule has 0 radical (unpaired) electrons. The van der Waals surface area contributed by atoms with Crippen LogP contribution in [0.1, 0.15) is 35.4 Å². The summed E-state index contributed by atoms with van der Waals surface area (Å²) in [6.07, 6.45) is 4.04. The van der Waals surface area contributed by atoms with Crippen molar-refractivity contribution in [2.24, 2.45) is 0 Å². The maximum Gasteiger partial charge on any atom is 0.261 e. The van der Waals surface area contributed by atoms with E-state index in [1.54, 1.807) is 29.8 Å². The van der Waals surface area contributed by atoms with Crippen molar-refractivity contribution >= 4 is 16.8 Å². The number of aromatic nitrogens is 2. The number of nitrogens with zero attached hydrogens (tertiary/aromatic N) is 2. The van der Waals surface area contributed by atoms with Crippen molar-refractivity contribution in [3.8, 4) is 0 Å². The predicted octanol–water partition coefficient (Wildman–Crippen LogP) is 1.48. The molecular weight excluding hydrogens is 254 g/mol. The molecule has 3 rings (SSSR count). The molecule has 0 atom stereocenters. The molecule has 0 saturated heterocycles. The standard InChI is InChI=1S/C15H17N3O2/c1-16-14(19)10-6-7-11-12(9-10)17-13-5-3-2-4-8-18(13)15(11)20/h6-7,9H,2-5,8H2,1H3,(H,16,19). The monoisotopic (exact) mass is 271 g/mol. The number of hydrogen-bond donors (Lipinski definition) is 1. The minimum Gasteiger partial charge on any atom is -0.355 e. The van der Waals surface area contributed by atoms with Gasteiger partial charge in [-0.2, -0.15) is 0 Å². The van der Waals surface area contributed by atoms with E-state index in [1.165, 1.54) is 0 Å². The Morgan fingerprint density at radius 1 is 1.30 bits per heavy atom. The van der Waals surface area contributed by atoms with Crippen LogP contribution in [0.2, 0.25) is 0 Å². The molecule has 1 N–H and O–H groups in total. The van der Waals surface area contributed by atoms with Crippen LogP contribution in [-0.4, -0.2) is 22.5 Å². The summed E-state index contributed by atoms with van der Waals surface area (Å²) in [4.78, 5) is 28.8. The van der Waals surface area contributed by atoms with Crippen LogP contribution in [0.3, 0.4) is 0 Å². The average molecular weight is 271 g/mol. The van der Waals surface area contributed by atoms with E-state index in [4.69, 9.17) is 0 Å². The van der Waals surface area contributed by atoms with Gasteiger partial charge in [0, 0.05) is 25.6 Å². The van der Waals surface area contributed by atoms with Gasteiger partial charge < -0.3 is 5.32 Å². The second kappa shape index (κ2) is 5.07. The highest BCUT2D eigenvalue weighted by Crippen LogP contribution is 2.16. The first-order valence-electron chi connectivity index (χ1n) is 6.96. The minimum atomic E-state index is -0.163. The number of carbonyl (C=O) groups excluding carboxylic acids is 1. The lowest BCUT2D eigenvalue weighted by Crippen LogP contribution is -2.25. The van der Waals surface area contributed by atoms with Crippen LogP contribution >= 0.6 is 0 Å². The summed E-state index contributed by atoms with van der Waals surface area (Å²) in [5.41, 5.74) is 1.16. The molecule has 2 heterocycles. The molecule has 0 bridgehead atoms. The number of fused-ring (bicyclic) bond motifs is 2. The third-order valence-corrected chi connectivity index (χ3v) is 3.81. The summed E-state index contributed by atoms with van der Waals surface area (Å²) in [5.74, 6) is 0.679. The largest absolute Gasteiger partial charge is 0.355 e. The molecule has 0 saturated carbocycles. The van der Waals surface area contributed by atoms with Crippen molar-refractivity contribution in [2.75, 3.05) is 7.05 Å². The molecule has 1 aliphatic rings. The summed E-state index contributed by atoms with van der Waals surface area (Å²) in [6, 6.07) is 5.07. The fraction of sp³-hybridized carbons (Fsp3) is 0.400. The van der Waals surface area contributed by atoms with Crippen LogP contribution < -0.4 is 10.9 Å². The quantitative estimate of drug-likeness (QED) is 0.854. The first-order valence-corrected chi connectivity index (χ1v) is 6.96. The van der Waals surface area contributed by atoms with Crippen molar-refractivity contribution < 1.29 is 4.79 Å². The molecule has 2 aromatic rings. The van der Waals surface area contributed by atoms with E-state index in [2.05, 4.69) is 10.3 Å². The lowest BCUT2D eigenvalue weighted by atomic mass is 10.1. The number of nitrogens with one attached hydrogen (secondary N) is 1. The lowest BCUT2D eigenvalue weighted by Gasteiger charge is -2.10. The summed E-state index contributed by atoms with van der Waals surface area (Å²) < 4.78 is 1.79. The first kappa shape index (κ1) is 12.8. The molecule has 104 valence electrons. The van der Waals surface area contributed by atoms with Gasteiger partial charge in [0.05, 0.1) is 10.9 Å². The van der Waals surface area contributed by atoms with E-state index >= 15 is 0 Å². The highest BCUT2D eigenvalue weighted by atomic mass is 16.1. The zero-order chi connectivity index (χ0) is 14.1. The second-order valence-electron chi connectivity index (χ2n) is 5.11. The van der Waals surface area contributed by atoms with E-state index in [-0.39, 0.29) is 11.5 Å². The van der Waals surface area contributed by atoms with Crippen LogP contribution in [0, 0.1) is 0 Å². The van der Waals surface area contributed by atoms with E-state index in [0.717, 1.165) is 38.1 Å². The van der Waals surface area contributed by atoms with Gasteiger partial charge in [-0.25, -0.2) is 4.98 Å². The number of carbonyl (C=O) groups is 1. The van der Waals surface area contributed by atoms with Gasteiger partial charge in [0.25, 0.3) is 11.5 Å². The highest BCUT2D eigenvalue weighted by Gasteiger charge is 2.14. The van der Waals surface area contributed by atoms with E-state index in [9.17, 15) is 9.59 Å². The molecule has 1 aromatic carbocycles. The Morgan fingerprint density at radius 3 is 2.95 bits per heavy atom. The minimum absolute atomic E-state index is 0.00959. The van der Waals surface area contributed by atoms with Crippen LogP contribution in [0.5, 0.6) is 0 Å². The average Bonchev–Trinajstić information content (AvgIpc) is 2.71. The molecule has 0 spiro atoms. The van der Waals surface area contributed by atoms with Crippen molar-refractivity contribution in [1.29, 1.82) is 0 Å². The predicted molar refractivity (Wildman–Crippen MR) is 76.9 cm³/mol. The van der Waals surface area contributed by atoms with E-state index in [1.807, 2.05) is 0 Å². The Hall–Kier alpha value is -2.17. The maximum absolute atomic E-state index is 12.5. The first-order chi connectivity index (χ1) is 9.70. The molecule has 20 heavy (non-hydrogen) atoms. The molecule has 1 aromatic heterocycles. The van der Waals surface area contributed by atoms with Crippen LogP contribution in [0.25, 0.3) is 10.9 Å². The van der Waals surface area contributed by atoms with E-state index < -0.39 is 0 Å². The van der Waals surface area contributed by atoms with Gasteiger partial charge in [0.15, 0.2) is 0 Å². The molecule has 5 nitrogen and oxygen atoms in total. The van der Waals surface area contributed by atoms with Crippen LogP contribution in [-0.2, 0) is 13.0 Å². The lowest BCUT2D eigenvalue weighted by molar-refractivity contribution is 0.0963. The molecular formula is C15H17N3O2. The fourth-order valence-electron chi connectivity index (χ4n) is 2.70. The highest BCUT2D eigenvalue weighted by molar-refractivity contribution is 5.97. The van der Waals surface area contributed by atoms with Crippen molar-refractivity contribution in [3.05, 3.63) is 39.9 Å². The van der Waals surface area contributed by atoms with Gasteiger partial charge in [-0.15, -0.1) is 0 Å². The van der Waals surface area contributed by atoms with Gasteiger partial charge in [-0.3, -0.25) is 14.2 Å². The maximum atomic E-state index is 12.5. The van der Waals surface area contributed by atoms with Gasteiger partial charge in [0.1, 0.15) is 5.82 Å². The van der Waals surface area contributed by atoms with Crippen molar-refractivity contribution in [2.45, 2.75) is 32.2 Å². The smallest absolute Gasteiger partial charge is 0.261 e. The number of rotatable bonds is 1.